The molecule has 2 unspecified atom stereocenters. The van der Waals surface area contributed by atoms with Crippen molar-refractivity contribution in [2.45, 2.75) is 65.2 Å². The summed E-state index contributed by atoms with van der Waals surface area (Å²) in [7, 11) is 2.22. The van der Waals surface area contributed by atoms with Crippen molar-refractivity contribution in [1.82, 2.24) is 10.1 Å². The Morgan fingerprint density at radius 3 is 2.71 bits per heavy atom. The summed E-state index contributed by atoms with van der Waals surface area (Å²) in [5.41, 5.74) is 6.45. The number of amides is 1. The van der Waals surface area contributed by atoms with Crippen molar-refractivity contribution in [1.29, 1.82) is 0 Å². The molecule has 1 N–H and O–H groups in total. The maximum Gasteiger partial charge on any atom is 0.277 e. The third kappa shape index (κ3) is 5.09. The minimum absolute atomic E-state index is 0.217. The lowest BCUT2D eigenvalue weighted by atomic mass is 9.82. The topological polar surface area (TPSA) is 58.4 Å². The Morgan fingerprint density at radius 1 is 1.16 bits per heavy atom. The molecule has 2 aromatic rings. The van der Waals surface area contributed by atoms with Gasteiger partial charge in [0, 0.05) is 17.3 Å². The molecule has 5 nitrogen and oxygen atoms in total. The molecule has 1 aliphatic carbocycles. The largest absolute Gasteiger partial charge is 0.361 e. The zero-order valence-electron chi connectivity index (χ0n) is 19.3. The smallest absolute Gasteiger partial charge is 0.277 e. The van der Waals surface area contributed by atoms with Crippen molar-refractivity contribution in [3.05, 3.63) is 52.4 Å². The van der Waals surface area contributed by atoms with Crippen LogP contribution < -0.4 is 5.32 Å². The Hall–Kier alpha value is -2.40. The molecule has 1 aromatic heterocycles. The van der Waals surface area contributed by atoms with E-state index in [0.717, 1.165) is 31.0 Å². The van der Waals surface area contributed by atoms with Crippen LogP contribution in [0.3, 0.4) is 0 Å². The van der Waals surface area contributed by atoms with Gasteiger partial charge in [0.05, 0.1) is 0 Å². The van der Waals surface area contributed by atoms with Crippen LogP contribution >= 0.6 is 0 Å². The minimum Gasteiger partial charge on any atom is -0.361 e. The van der Waals surface area contributed by atoms with E-state index >= 15 is 0 Å². The summed E-state index contributed by atoms with van der Waals surface area (Å²) in [5, 5.41) is 7.02. The number of aromatic nitrogens is 1. The van der Waals surface area contributed by atoms with Crippen molar-refractivity contribution in [3.8, 4) is 0 Å². The van der Waals surface area contributed by atoms with Crippen LogP contribution in [0.25, 0.3) is 5.57 Å². The number of benzene rings is 1. The zero-order valence-corrected chi connectivity index (χ0v) is 19.3. The van der Waals surface area contributed by atoms with Crippen LogP contribution in [-0.4, -0.2) is 36.1 Å². The van der Waals surface area contributed by atoms with Crippen molar-refractivity contribution >= 4 is 17.2 Å². The Labute approximate surface area is 185 Å². The molecule has 166 valence electrons. The van der Waals surface area contributed by atoms with Crippen LogP contribution in [-0.2, 0) is 0 Å². The number of hydrogen-bond acceptors (Lipinski definition) is 4. The fourth-order valence-electron chi connectivity index (χ4n) is 4.95. The molecule has 0 radical (unpaired) electrons. The maximum atomic E-state index is 12.8. The maximum absolute atomic E-state index is 12.8. The highest BCUT2D eigenvalue weighted by Gasteiger charge is 2.23. The molecule has 0 spiro atoms. The molecule has 2 heterocycles. The fraction of sp³-hybridized carbons (Fsp3) is 0.538. The molecule has 5 heteroatoms. The summed E-state index contributed by atoms with van der Waals surface area (Å²) >= 11 is 0. The number of likely N-dealkylation sites (tertiary alicyclic amines) is 1. The molecule has 1 saturated heterocycles. The molecule has 31 heavy (non-hydrogen) atoms. The van der Waals surface area contributed by atoms with Crippen LogP contribution in [0.2, 0.25) is 0 Å². The Kier molecular flexibility index (Phi) is 6.61. The lowest BCUT2D eigenvalue weighted by Crippen LogP contribution is -2.19. The van der Waals surface area contributed by atoms with Gasteiger partial charge < -0.3 is 14.7 Å². The summed E-state index contributed by atoms with van der Waals surface area (Å²) in [6.07, 6.45) is 9.38. The molecule has 0 saturated carbocycles. The normalized spacial score (nSPS) is 22.6. The summed E-state index contributed by atoms with van der Waals surface area (Å²) in [5.74, 6) is 1.72. The van der Waals surface area contributed by atoms with Gasteiger partial charge in [-0.1, -0.05) is 18.2 Å². The van der Waals surface area contributed by atoms with E-state index in [1.807, 2.05) is 0 Å². The number of hydrogen-bond donors (Lipinski definition) is 1. The lowest BCUT2D eigenvalue weighted by molar-refractivity contribution is 0.101. The minimum atomic E-state index is -0.217. The SMILES string of the molecule is Cc1cc(C(=O)Nc2cc(C)c(C3CCCN(C)CC3)cc2C2=CCC(C)CC2)no1. The quantitative estimate of drug-likeness (QED) is 0.663. The van der Waals surface area contributed by atoms with E-state index in [-0.39, 0.29) is 5.91 Å². The molecule has 1 fully saturated rings. The first-order valence-corrected chi connectivity index (χ1v) is 11.7. The van der Waals surface area contributed by atoms with Gasteiger partial charge in [0.1, 0.15) is 5.76 Å². The number of nitrogens with zero attached hydrogens (tertiary/aromatic N) is 2. The Balaban J connectivity index is 1.69. The fourth-order valence-corrected chi connectivity index (χ4v) is 4.95. The van der Waals surface area contributed by atoms with Crippen molar-refractivity contribution in [2.75, 3.05) is 25.5 Å². The first kappa shape index (κ1) is 21.8. The second-order valence-electron chi connectivity index (χ2n) is 9.57. The zero-order chi connectivity index (χ0) is 22.0. The summed E-state index contributed by atoms with van der Waals surface area (Å²) < 4.78 is 5.10. The number of allylic oxidation sites excluding steroid dienone is 2. The summed E-state index contributed by atoms with van der Waals surface area (Å²) in [6, 6.07) is 6.22. The van der Waals surface area contributed by atoms with Gasteiger partial charge in [0.25, 0.3) is 5.91 Å². The van der Waals surface area contributed by atoms with Crippen LogP contribution in [0.1, 0.15) is 84.3 Å². The van der Waals surface area contributed by atoms with E-state index in [4.69, 9.17) is 4.52 Å². The van der Waals surface area contributed by atoms with Gasteiger partial charge in [-0.2, -0.15) is 0 Å². The van der Waals surface area contributed by atoms with Gasteiger partial charge in [0.15, 0.2) is 5.69 Å². The van der Waals surface area contributed by atoms with Gasteiger partial charge in [-0.05, 0) is 113 Å². The predicted molar refractivity (Wildman–Crippen MR) is 125 cm³/mol. The number of anilines is 1. The molecule has 1 aromatic carbocycles. The molecule has 2 atom stereocenters. The molecule has 4 rings (SSSR count). The van der Waals surface area contributed by atoms with Gasteiger partial charge >= 0.3 is 0 Å². The van der Waals surface area contributed by atoms with Crippen molar-refractivity contribution in [2.24, 2.45) is 5.92 Å². The van der Waals surface area contributed by atoms with E-state index in [1.165, 1.54) is 54.5 Å². The third-order valence-corrected chi connectivity index (χ3v) is 6.93. The highest BCUT2D eigenvalue weighted by atomic mass is 16.5. The number of carbonyl (C=O) groups excluding carboxylic acids is 1. The molecule has 1 aliphatic heterocycles. The summed E-state index contributed by atoms with van der Waals surface area (Å²) in [6.45, 7) is 8.61. The first-order chi connectivity index (χ1) is 14.9. The Bertz CT molecular complexity index is 975. The third-order valence-electron chi connectivity index (χ3n) is 6.93. The first-order valence-electron chi connectivity index (χ1n) is 11.7. The summed E-state index contributed by atoms with van der Waals surface area (Å²) in [4.78, 5) is 15.3. The lowest BCUT2D eigenvalue weighted by Gasteiger charge is -2.25. The second-order valence-corrected chi connectivity index (χ2v) is 9.57. The molecule has 1 amide bonds. The molecular weight excluding hydrogens is 386 g/mol. The van der Waals surface area contributed by atoms with E-state index in [1.54, 1.807) is 13.0 Å². The van der Waals surface area contributed by atoms with Gasteiger partial charge in [-0.15, -0.1) is 0 Å². The van der Waals surface area contributed by atoms with Crippen LogP contribution in [0.5, 0.6) is 0 Å². The second kappa shape index (κ2) is 9.39. The van der Waals surface area contributed by atoms with Crippen molar-refractivity contribution in [3.63, 3.8) is 0 Å². The highest BCUT2D eigenvalue weighted by molar-refractivity contribution is 6.04. The number of rotatable bonds is 4. The number of nitrogens with one attached hydrogen (secondary N) is 1. The molecule has 2 aliphatic rings. The Morgan fingerprint density at radius 2 is 2.00 bits per heavy atom. The van der Waals surface area contributed by atoms with Crippen LogP contribution in [0.4, 0.5) is 5.69 Å². The highest BCUT2D eigenvalue weighted by Crippen LogP contribution is 2.39. The van der Waals surface area contributed by atoms with E-state index in [9.17, 15) is 4.79 Å². The van der Waals surface area contributed by atoms with Crippen LogP contribution in [0, 0.1) is 19.8 Å². The average Bonchev–Trinajstić information content (AvgIpc) is 3.07. The number of aryl methyl sites for hydroxylation is 2. The predicted octanol–water partition coefficient (Wildman–Crippen LogP) is 5.95. The van der Waals surface area contributed by atoms with Gasteiger partial charge in [-0.25, -0.2) is 0 Å². The van der Waals surface area contributed by atoms with Crippen molar-refractivity contribution < 1.29 is 9.32 Å². The van der Waals surface area contributed by atoms with Gasteiger partial charge in [0.2, 0.25) is 0 Å². The molecule has 0 bridgehead atoms. The van der Waals surface area contributed by atoms with E-state index < -0.39 is 0 Å². The molecular formula is C26H35N3O2. The number of carbonyl (C=O) groups is 1. The van der Waals surface area contributed by atoms with Gasteiger partial charge in [-0.3, -0.25) is 4.79 Å². The van der Waals surface area contributed by atoms with Crippen LogP contribution in [0.15, 0.2) is 28.8 Å². The standard InChI is InChI=1S/C26H35N3O2/c1-17-7-9-21(10-8-17)23-16-22(20-6-5-12-29(4)13-11-20)18(2)14-24(23)27-26(30)25-15-19(3)31-28-25/h9,14-17,20H,5-8,10-13H2,1-4H3,(H,27,30). The van der Waals surface area contributed by atoms with E-state index in [2.05, 4.69) is 54.5 Å². The van der Waals surface area contributed by atoms with E-state index in [0.29, 0.717) is 17.4 Å². The average molecular weight is 422 g/mol. The monoisotopic (exact) mass is 421 g/mol.